The SMILES string of the molecule is Fc1c(Br)ccc2c1OC1(CCC1)O2. The molecule has 2 nitrogen and oxygen atoms in total. The Morgan fingerprint density at radius 1 is 1.29 bits per heavy atom. The van der Waals surface area contributed by atoms with E-state index in [1.807, 2.05) is 0 Å². The topological polar surface area (TPSA) is 18.5 Å². The summed E-state index contributed by atoms with van der Waals surface area (Å²) in [6, 6.07) is 3.37. The largest absolute Gasteiger partial charge is 0.448 e. The summed E-state index contributed by atoms with van der Waals surface area (Å²) in [5.41, 5.74) is 0. The van der Waals surface area contributed by atoms with E-state index in [-0.39, 0.29) is 11.6 Å². The summed E-state index contributed by atoms with van der Waals surface area (Å²) in [7, 11) is 0. The average Bonchev–Trinajstić information content (AvgIpc) is 2.51. The molecule has 1 aliphatic carbocycles. The van der Waals surface area contributed by atoms with E-state index in [0.717, 1.165) is 19.3 Å². The lowest BCUT2D eigenvalue weighted by atomic mass is 9.91. The van der Waals surface area contributed by atoms with Crippen LogP contribution in [0.4, 0.5) is 4.39 Å². The van der Waals surface area contributed by atoms with Gasteiger partial charge in [-0.25, -0.2) is 4.39 Å². The van der Waals surface area contributed by atoms with Crippen molar-refractivity contribution in [2.45, 2.75) is 25.0 Å². The molecule has 74 valence electrons. The summed E-state index contributed by atoms with van der Waals surface area (Å²) >= 11 is 3.12. The maximum Gasteiger partial charge on any atom is 0.251 e. The van der Waals surface area contributed by atoms with E-state index >= 15 is 0 Å². The fraction of sp³-hybridized carbons (Fsp3) is 0.400. The molecule has 0 saturated heterocycles. The Balaban J connectivity index is 2.05. The van der Waals surface area contributed by atoms with Gasteiger partial charge in [0.25, 0.3) is 5.79 Å². The van der Waals surface area contributed by atoms with Gasteiger partial charge in [-0.15, -0.1) is 0 Å². The Kier molecular flexibility index (Phi) is 1.60. The number of hydrogen-bond acceptors (Lipinski definition) is 2. The van der Waals surface area contributed by atoms with Gasteiger partial charge in [-0.3, -0.25) is 0 Å². The van der Waals surface area contributed by atoms with Crippen LogP contribution in [0.5, 0.6) is 11.5 Å². The summed E-state index contributed by atoms with van der Waals surface area (Å²) in [6.07, 6.45) is 2.77. The minimum Gasteiger partial charge on any atom is -0.448 e. The molecule has 1 fully saturated rings. The van der Waals surface area contributed by atoms with Crippen molar-refractivity contribution in [3.05, 3.63) is 22.4 Å². The molecular formula is C10H8BrFO2. The fourth-order valence-electron chi connectivity index (χ4n) is 1.77. The summed E-state index contributed by atoms with van der Waals surface area (Å²) in [4.78, 5) is 0. The molecule has 2 aliphatic rings. The van der Waals surface area contributed by atoms with Crippen molar-refractivity contribution >= 4 is 15.9 Å². The molecule has 0 amide bonds. The number of benzene rings is 1. The first-order valence-corrected chi connectivity index (χ1v) is 5.36. The van der Waals surface area contributed by atoms with E-state index in [1.165, 1.54) is 0 Å². The highest BCUT2D eigenvalue weighted by Crippen LogP contribution is 2.50. The van der Waals surface area contributed by atoms with E-state index in [2.05, 4.69) is 15.9 Å². The molecule has 1 heterocycles. The number of ether oxygens (including phenoxy) is 2. The smallest absolute Gasteiger partial charge is 0.251 e. The van der Waals surface area contributed by atoms with Gasteiger partial charge in [0.1, 0.15) is 0 Å². The van der Waals surface area contributed by atoms with Crippen LogP contribution in [0.1, 0.15) is 19.3 Å². The Hall–Kier alpha value is -0.770. The number of halogens is 2. The van der Waals surface area contributed by atoms with Crippen LogP contribution < -0.4 is 9.47 Å². The molecule has 1 spiro atoms. The van der Waals surface area contributed by atoms with Gasteiger partial charge in [-0.2, -0.15) is 0 Å². The lowest BCUT2D eigenvalue weighted by Gasteiger charge is -2.35. The lowest BCUT2D eigenvalue weighted by molar-refractivity contribution is -0.139. The number of hydrogen-bond donors (Lipinski definition) is 0. The molecule has 0 radical (unpaired) electrons. The van der Waals surface area contributed by atoms with Gasteiger partial charge in [0.15, 0.2) is 11.6 Å². The highest BCUT2D eigenvalue weighted by atomic mass is 79.9. The van der Waals surface area contributed by atoms with Crippen molar-refractivity contribution in [1.82, 2.24) is 0 Å². The van der Waals surface area contributed by atoms with E-state index in [4.69, 9.17) is 9.47 Å². The van der Waals surface area contributed by atoms with Gasteiger partial charge in [0, 0.05) is 12.8 Å². The van der Waals surface area contributed by atoms with Crippen LogP contribution in [0.3, 0.4) is 0 Å². The van der Waals surface area contributed by atoms with E-state index in [0.29, 0.717) is 10.2 Å². The Labute approximate surface area is 89.1 Å². The van der Waals surface area contributed by atoms with Gasteiger partial charge in [0.05, 0.1) is 4.47 Å². The maximum atomic E-state index is 13.6. The molecule has 0 aromatic heterocycles. The first-order valence-electron chi connectivity index (χ1n) is 4.56. The van der Waals surface area contributed by atoms with Crippen molar-refractivity contribution in [2.75, 3.05) is 0 Å². The minimum absolute atomic E-state index is 0.249. The summed E-state index contributed by atoms with van der Waals surface area (Å²) in [6.45, 7) is 0. The zero-order chi connectivity index (χ0) is 9.76. The molecule has 1 aliphatic heterocycles. The zero-order valence-corrected chi connectivity index (χ0v) is 8.93. The van der Waals surface area contributed by atoms with E-state index in [1.54, 1.807) is 12.1 Å². The number of fused-ring (bicyclic) bond motifs is 1. The van der Waals surface area contributed by atoms with Crippen LogP contribution in [0, 0.1) is 5.82 Å². The standard InChI is InChI=1S/C10H8BrFO2/c11-6-2-3-7-9(8(6)12)14-10(13-7)4-1-5-10/h2-3H,1,4-5H2. The molecule has 3 rings (SSSR count). The predicted molar refractivity (Wildman–Crippen MR) is 51.9 cm³/mol. The second-order valence-electron chi connectivity index (χ2n) is 3.66. The van der Waals surface area contributed by atoms with Crippen molar-refractivity contribution in [2.24, 2.45) is 0 Å². The highest BCUT2D eigenvalue weighted by molar-refractivity contribution is 9.10. The maximum absolute atomic E-state index is 13.6. The van der Waals surface area contributed by atoms with Gasteiger partial charge in [0.2, 0.25) is 5.75 Å². The third-order valence-electron chi connectivity index (χ3n) is 2.71. The first-order chi connectivity index (χ1) is 6.70. The zero-order valence-electron chi connectivity index (χ0n) is 7.35. The Bertz CT molecular complexity index is 401. The molecule has 0 bridgehead atoms. The minimum atomic E-state index is -0.552. The third kappa shape index (κ3) is 1.00. The molecule has 1 aromatic carbocycles. The molecule has 0 atom stereocenters. The highest BCUT2D eigenvalue weighted by Gasteiger charge is 2.48. The quantitative estimate of drug-likeness (QED) is 0.712. The van der Waals surface area contributed by atoms with E-state index < -0.39 is 5.79 Å². The average molecular weight is 259 g/mol. The van der Waals surface area contributed by atoms with Gasteiger partial charge < -0.3 is 9.47 Å². The van der Waals surface area contributed by atoms with Crippen LogP contribution in [-0.2, 0) is 0 Å². The summed E-state index contributed by atoms with van der Waals surface area (Å²) < 4.78 is 25.1. The normalized spacial score (nSPS) is 21.0. The van der Waals surface area contributed by atoms with Crippen molar-refractivity contribution in [3.8, 4) is 11.5 Å². The Morgan fingerprint density at radius 3 is 2.71 bits per heavy atom. The molecule has 4 heteroatoms. The lowest BCUT2D eigenvalue weighted by Crippen LogP contribution is -2.45. The van der Waals surface area contributed by atoms with E-state index in [9.17, 15) is 4.39 Å². The molecular weight excluding hydrogens is 251 g/mol. The Morgan fingerprint density at radius 2 is 2.07 bits per heavy atom. The van der Waals surface area contributed by atoms with Gasteiger partial charge in [-0.05, 0) is 34.5 Å². The van der Waals surface area contributed by atoms with Crippen LogP contribution in [0.25, 0.3) is 0 Å². The van der Waals surface area contributed by atoms with Crippen LogP contribution >= 0.6 is 15.9 Å². The fourth-order valence-corrected chi connectivity index (χ4v) is 2.08. The van der Waals surface area contributed by atoms with Gasteiger partial charge >= 0.3 is 0 Å². The summed E-state index contributed by atoms with van der Waals surface area (Å²) in [5, 5.41) is 0. The van der Waals surface area contributed by atoms with Crippen molar-refractivity contribution in [3.63, 3.8) is 0 Å². The molecule has 14 heavy (non-hydrogen) atoms. The third-order valence-corrected chi connectivity index (χ3v) is 3.33. The predicted octanol–water partition coefficient (Wildman–Crippen LogP) is 3.24. The van der Waals surface area contributed by atoms with Crippen LogP contribution in [0.15, 0.2) is 16.6 Å². The van der Waals surface area contributed by atoms with Crippen molar-refractivity contribution < 1.29 is 13.9 Å². The first kappa shape index (κ1) is 8.53. The molecule has 0 unspecified atom stereocenters. The molecule has 1 aromatic rings. The second kappa shape index (κ2) is 2.63. The number of rotatable bonds is 0. The van der Waals surface area contributed by atoms with Gasteiger partial charge in [-0.1, -0.05) is 0 Å². The monoisotopic (exact) mass is 258 g/mol. The second-order valence-corrected chi connectivity index (χ2v) is 4.51. The van der Waals surface area contributed by atoms with Crippen molar-refractivity contribution in [1.29, 1.82) is 0 Å². The molecule has 0 N–H and O–H groups in total. The molecule has 1 saturated carbocycles. The van der Waals surface area contributed by atoms with Crippen LogP contribution in [-0.4, -0.2) is 5.79 Å². The summed E-state index contributed by atoms with van der Waals surface area (Å²) in [5.74, 6) is -0.153. The van der Waals surface area contributed by atoms with Crippen LogP contribution in [0.2, 0.25) is 0 Å².